The second kappa shape index (κ2) is 7.20. The number of hydrogen-bond donors (Lipinski definition) is 3. The lowest BCUT2D eigenvalue weighted by Crippen LogP contribution is -2.19. The summed E-state index contributed by atoms with van der Waals surface area (Å²) in [5, 5.41) is 15.9. The molecule has 1 amide bonds. The summed E-state index contributed by atoms with van der Waals surface area (Å²) in [6.07, 6.45) is 3.42. The van der Waals surface area contributed by atoms with Crippen molar-refractivity contribution in [2.24, 2.45) is 0 Å². The Labute approximate surface area is 159 Å². The van der Waals surface area contributed by atoms with Crippen molar-refractivity contribution < 1.29 is 14.7 Å². The average molecular weight is 379 g/mol. The molecule has 0 bridgehead atoms. The Hall–Kier alpha value is -3.19. The molecule has 0 aliphatic heterocycles. The molecule has 136 valence electrons. The van der Waals surface area contributed by atoms with Gasteiger partial charge in [-0.3, -0.25) is 4.79 Å². The highest BCUT2D eigenvalue weighted by atomic mass is 32.1. The van der Waals surface area contributed by atoms with Gasteiger partial charge < -0.3 is 15.7 Å². The van der Waals surface area contributed by atoms with Crippen LogP contribution in [0.4, 0.5) is 10.8 Å². The van der Waals surface area contributed by atoms with E-state index in [0.29, 0.717) is 15.7 Å². The number of nitrogens with zero attached hydrogens (tertiary/aromatic N) is 1. The maximum Gasteiger partial charge on any atom is 0.335 e. The number of carbonyl (C=O) groups is 2. The van der Waals surface area contributed by atoms with Crippen LogP contribution in [-0.2, 0) is 12.8 Å². The van der Waals surface area contributed by atoms with Crippen molar-refractivity contribution in [1.29, 1.82) is 0 Å². The average Bonchev–Trinajstić information content (AvgIpc) is 3.28. The van der Waals surface area contributed by atoms with Crippen molar-refractivity contribution in [2.45, 2.75) is 18.9 Å². The number of amides is 1. The van der Waals surface area contributed by atoms with Gasteiger partial charge in [0.2, 0.25) is 0 Å². The standard InChI is InChI=1S/C20H17N3O3S/c24-18(22-15-7-3-6-14(10-15)19(25)26)17-11-21-20(27-17)23-16-8-12-4-1-2-5-13(12)9-16/h1-7,10-11,16H,8-9H2,(H,21,23)(H,22,24)(H,25,26). The van der Waals surface area contributed by atoms with E-state index in [0.717, 1.165) is 12.8 Å². The molecule has 6 nitrogen and oxygen atoms in total. The van der Waals surface area contributed by atoms with Gasteiger partial charge in [-0.2, -0.15) is 0 Å². The maximum absolute atomic E-state index is 12.4. The first-order valence-electron chi connectivity index (χ1n) is 8.52. The summed E-state index contributed by atoms with van der Waals surface area (Å²) in [6.45, 7) is 0. The van der Waals surface area contributed by atoms with Crippen LogP contribution in [0.15, 0.2) is 54.7 Å². The molecule has 3 aromatic rings. The monoisotopic (exact) mass is 379 g/mol. The topological polar surface area (TPSA) is 91.3 Å². The van der Waals surface area contributed by atoms with Gasteiger partial charge in [0.25, 0.3) is 5.91 Å². The van der Waals surface area contributed by atoms with Crippen molar-refractivity contribution in [3.8, 4) is 0 Å². The number of hydrogen-bond acceptors (Lipinski definition) is 5. The predicted octanol–water partition coefficient (Wildman–Crippen LogP) is 3.67. The number of anilines is 2. The number of rotatable bonds is 5. The molecule has 2 aromatic carbocycles. The van der Waals surface area contributed by atoms with Crippen LogP contribution < -0.4 is 10.6 Å². The Kier molecular flexibility index (Phi) is 4.60. The second-order valence-corrected chi connectivity index (χ2v) is 7.42. The lowest BCUT2D eigenvalue weighted by atomic mass is 10.1. The summed E-state index contributed by atoms with van der Waals surface area (Å²) in [5.41, 5.74) is 3.26. The van der Waals surface area contributed by atoms with E-state index in [1.807, 2.05) is 12.1 Å². The van der Waals surface area contributed by atoms with E-state index in [1.165, 1.54) is 40.8 Å². The molecular formula is C20H17N3O3S. The molecule has 27 heavy (non-hydrogen) atoms. The van der Waals surface area contributed by atoms with Gasteiger partial charge in [-0.15, -0.1) is 0 Å². The van der Waals surface area contributed by atoms with Crippen LogP contribution >= 0.6 is 11.3 Å². The fourth-order valence-corrected chi connectivity index (χ4v) is 3.99. The first-order valence-corrected chi connectivity index (χ1v) is 9.34. The van der Waals surface area contributed by atoms with Gasteiger partial charge in [-0.05, 0) is 42.2 Å². The number of carbonyl (C=O) groups excluding carboxylic acids is 1. The summed E-state index contributed by atoms with van der Waals surface area (Å²) in [6, 6.07) is 14.8. The molecular weight excluding hydrogens is 362 g/mol. The van der Waals surface area contributed by atoms with Crippen molar-refractivity contribution in [3.05, 3.63) is 76.3 Å². The van der Waals surface area contributed by atoms with E-state index < -0.39 is 5.97 Å². The summed E-state index contributed by atoms with van der Waals surface area (Å²) < 4.78 is 0. The van der Waals surface area contributed by atoms with Crippen LogP contribution in [0.3, 0.4) is 0 Å². The number of aromatic nitrogens is 1. The van der Waals surface area contributed by atoms with Gasteiger partial charge in [0.1, 0.15) is 4.88 Å². The lowest BCUT2D eigenvalue weighted by molar-refractivity contribution is 0.0696. The van der Waals surface area contributed by atoms with Gasteiger partial charge in [0.15, 0.2) is 5.13 Å². The second-order valence-electron chi connectivity index (χ2n) is 6.39. The molecule has 4 rings (SSSR count). The number of benzene rings is 2. The SMILES string of the molecule is O=C(O)c1cccc(NC(=O)c2cnc(NC3Cc4ccccc4C3)s2)c1. The smallest absolute Gasteiger partial charge is 0.335 e. The molecule has 0 fully saturated rings. The zero-order chi connectivity index (χ0) is 18.8. The molecule has 3 N–H and O–H groups in total. The van der Waals surface area contributed by atoms with Crippen molar-refractivity contribution in [3.63, 3.8) is 0 Å². The highest BCUT2D eigenvalue weighted by Gasteiger charge is 2.22. The normalized spacial score (nSPS) is 13.2. The summed E-state index contributed by atoms with van der Waals surface area (Å²) in [7, 11) is 0. The molecule has 1 heterocycles. The Morgan fingerprint density at radius 2 is 1.81 bits per heavy atom. The Balaban J connectivity index is 1.40. The van der Waals surface area contributed by atoms with E-state index in [4.69, 9.17) is 5.11 Å². The lowest BCUT2D eigenvalue weighted by Gasteiger charge is -2.09. The summed E-state index contributed by atoms with van der Waals surface area (Å²) >= 11 is 1.29. The number of fused-ring (bicyclic) bond motifs is 1. The number of nitrogens with one attached hydrogen (secondary N) is 2. The number of carboxylic acids is 1. The van der Waals surface area contributed by atoms with Crippen LogP contribution in [0.1, 0.15) is 31.2 Å². The molecule has 0 saturated carbocycles. The number of thiazole rings is 1. The van der Waals surface area contributed by atoms with Gasteiger partial charge >= 0.3 is 5.97 Å². The van der Waals surface area contributed by atoms with E-state index in [9.17, 15) is 9.59 Å². The minimum atomic E-state index is -1.03. The van der Waals surface area contributed by atoms with Gasteiger partial charge in [0, 0.05) is 11.7 Å². The number of carboxylic acid groups (broad SMARTS) is 1. The maximum atomic E-state index is 12.4. The van der Waals surface area contributed by atoms with Crippen LogP contribution in [0.2, 0.25) is 0 Å². The van der Waals surface area contributed by atoms with E-state index in [1.54, 1.807) is 12.1 Å². The van der Waals surface area contributed by atoms with Crippen molar-refractivity contribution >= 4 is 34.0 Å². The molecule has 1 aliphatic carbocycles. The molecule has 1 aliphatic rings. The Morgan fingerprint density at radius 1 is 1.07 bits per heavy atom. The quantitative estimate of drug-likeness (QED) is 0.629. The molecule has 0 saturated heterocycles. The summed E-state index contributed by atoms with van der Waals surface area (Å²) in [5.74, 6) is -1.34. The minimum Gasteiger partial charge on any atom is -0.478 e. The zero-order valence-corrected chi connectivity index (χ0v) is 15.1. The largest absolute Gasteiger partial charge is 0.478 e. The van der Waals surface area contributed by atoms with Gasteiger partial charge in [-0.25, -0.2) is 9.78 Å². The molecule has 1 aromatic heterocycles. The van der Waals surface area contributed by atoms with Crippen LogP contribution in [-0.4, -0.2) is 28.0 Å². The summed E-state index contributed by atoms with van der Waals surface area (Å²) in [4.78, 5) is 28.2. The third-order valence-electron chi connectivity index (χ3n) is 4.48. The van der Waals surface area contributed by atoms with E-state index >= 15 is 0 Å². The number of aromatic carboxylic acids is 1. The van der Waals surface area contributed by atoms with Crippen LogP contribution in [0.5, 0.6) is 0 Å². The van der Waals surface area contributed by atoms with E-state index in [2.05, 4.69) is 27.8 Å². The molecule has 7 heteroatoms. The molecule has 0 radical (unpaired) electrons. The third kappa shape index (κ3) is 3.83. The first-order chi connectivity index (χ1) is 13.1. The molecule has 0 spiro atoms. The molecule has 0 unspecified atom stereocenters. The third-order valence-corrected chi connectivity index (χ3v) is 5.40. The van der Waals surface area contributed by atoms with Crippen molar-refractivity contribution in [1.82, 2.24) is 4.98 Å². The van der Waals surface area contributed by atoms with Crippen molar-refractivity contribution in [2.75, 3.05) is 10.6 Å². The minimum absolute atomic E-state index is 0.125. The fourth-order valence-electron chi connectivity index (χ4n) is 3.20. The van der Waals surface area contributed by atoms with Gasteiger partial charge in [0.05, 0.1) is 11.8 Å². The Bertz CT molecular complexity index is 990. The van der Waals surface area contributed by atoms with Gasteiger partial charge in [-0.1, -0.05) is 41.7 Å². The highest BCUT2D eigenvalue weighted by molar-refractivity contribution is 7.17. The van der Waals surface area contributed by atoms with E-state index in [-0.39, 0.29) is 17.5 Å². The zero-order valence-electron chi connectivity index (χ0n) is 14.3. The predicted molar refractivity (Wildman–Crippen MR) is 105 cm³/mol. The fraction of sp³-hybridized carbons (Fsp3) is 0.150. The van der Waals surface area contributed by atoms with Crippen LogP contribution in [0.25, 0.3) is 0 Å². The first kappa shape index (κ1) is 17.2. The molecule has 0 atom stereocenters. The Morgan fingerprint density at radius 3 is 2.52 bits per heavy atom. The highest BCUT2D eigenvalue weighted by Crippen LogP contribution is 2.27. The van der Waals surface area contributed by atoms with Crippen LogP contribution in [0, 0.1) is 0 Å².